The zero-order valence-corrected chi connectivity index (χ0v) is 37.0. The van der Waals surface area contributed by atoms with E-state index in [-0.39, 0.29) is 37.3 Å². The number of methoxy groups -OCH3 is 2. The van der Waals surface area contributed by atoms with E-state index in [9.17, 15) is 19.8 Å². The SMILES string of the molecule is CCCCC/C=C\C/C=C\CCCCCCCCNC(=O)Oc1c(OC)cc([C@@H]2c3cc4c(cc3[C@@H](O[C@@H]3O[C@@H]5CO[C@@H](C)O[C@H]5[C@H](O)[C@H]3O)[C@H]3COC(=O)[C@H]23)OCO4)cc1OC. The molecule has 346 valence electrons. The third-order valence-electron chi connectivity index (χ3n) is 12.6. The second-order valence-electron chi connectivity index (χ2n) is 16.9. The van der Waals surface area contributed by atoms with Gasteiger partial charge >= 0.3 is 12.1 Å². The van der Waals surface area contributed by atoms with Gasteiger partial charge in [0.05, 0.1) is 39.5 Å². The summed E-state index contributed by atoms with van der Waals surface area (Å²) in [5, 5.41) is 25.2. The van der Waals surface area contributed by atoms with Crippen LogP contribution in [0.25, 0.3) is 0 Å². The number of ether oxygens (including phenoxy) is 10. The lowest BCUT2D eigenvalue weighted by molar-refractivity contribution is -0.364. The van der Waals surface area contributed by atoms with Crippen LogP contribution in [0.1, 0.15) is 120 Å². The molecule has 1 aliphatic carbocycles. The molecule has 1 amide bonds. The van der Waals surface area contributed by atoms with Crippen LogP contribution in [-0.4, -0.2) is 100 Å². The van der Waals surface area contributed by atoms with Crippen LogP contribution in [-0.2, 0) is 28.5 Å². The topological polar surface area (TPSA) is 179 Å². The van der Waals surface area contributed by atoms with Crippen molar-refractivity contribution < 1.29 is 67.2 Å². The summed E-state index contributed by atoms with van der Waals surface area (Å²) in [5.74, 6) is -0.892. The van der Waals surface area contributed by atoms with Crippen molar-refractivity contribution in [2.24, 2.45) is 11.8 Å². The number of hydrogen-bond donors (Lipinski definition) is 3. The van der Waals surface area contributed by atoms with Crippen LogP contribution in [0.4, 0.5) is 4.79 Å². The third kappa shape index (κ3) is 11.1. The quantitative estimate of drug-likeness (QED) is 0.0636. The number of cyclic esters (lactones) is 1. The molecule has 15 nitrogen and oxygen atoms in total. The molecule has 15 heteroatoms. The fraction of sp³-hybridized carbons (Fsp3) is 0.625. The highest BCUT2D eigenvalue weighted by Gasteiger charge is 2.56. The second kappa shape index (κ2) is 22.5. The van der Waals surface area contributed by atoms with Crippen molar-refractivity contribution in [3.63, 3.8) is 0 Å². The minimum Gasteiger partial charge on any atom is -0.493 e. The van der Waals surface area contributed by atoms with Crippen molar-refractivity contribution in [3.8, 4) is 28.7 Å². The van der Waals surface area contributed by atoms with Gasteiger partial charge in [0.2, 0.25) is 12.5 Å². The molecular weight excluding hydrogens is 815 g/mol. The van der Waals surface area contributed by atoms with E-state index in [4.69, 9.17) is 47.4 Å². The Balaban J connectivity index is 0.984. The van der Waals surface area contributed by atoms with Crippen molar-refractivity contribution in [2.75, 3.05) is 40.8 Å². The number of hydrogen-bond acceptors (Lipinski definition) is 14. The fourth-order valence-corrected chi connectivity index (χ4v) is 9.25. The number of fused-ring (bicyclic) bond motifs is 4. The van der Waals surface area contributed by atoms with E-state index in [2.05, 4.69) is 36.5 Å². The number of carbonyl (C=O) groups is 2. The largest absolute Gasteiger partial charge is 0.493 e. The first-order valence-electron chi connectivity index (χ1n) is 22.8. The highest BCUT2D eigenvalue weighted by Crippen LogP contribution is 2.57. The number of allylic oxidation sites excluding steroid dienone is 4. The minimum atomic E-state index is -1.47. The predicted molar refractivity (Wildman–Crippen MR) is 230 cm³/mol. The molecule has 0 saturated carbocycles. The van der Waals surface area contributed by atoms with E-state index in [0.29, 0.717) is 34.7 Å². The molecule has 0 unspecified atom stereocenters. The summed E-state index contributed by atoms with van der Waals surface area (Å²) in [7, 11) is 2.93. The van der Waals surface area contributed by atoms with Crippen LogP contribution in [0.2, 0.25) is 0 Å². The van der Waals surface area contributed by atoms with Gasteiger partial charge < -0.3 is 62.9 Å². The summed E-state index contributed by atoms with van der Waals surface area (Å²) >= 11 is 0. The number of unbranched alkanes of at least 4 members (excludes halogenated alkanes) is 9. The smallest absolute Gasteiger partial charge is 0.412 e. The molecule has 63 heavy (non-hydrogen) atoms. The van der Waals surface area contributed by atoms with E-state index in [0.717, 1.165) is 38.5 Å². The highest BCUT2D eigenvalue weighted by molar-refractivity contribution is 5.79. The van der Waals surface area contributed by atoms with E-state index in [1.807, 2.05) is 12.1 Å². The first-order chi connectivity index (χ1) is 30.7. The average Bonchev–Trinajstić information content (AvgIpc) is 3.92. The summed E-state index contributed by atoms with van der Waals surface area (Å²) in [6.07, 6.45) is 15.1. The summed E-state index contributed by atoms with van der Waals surface area (Å²) in [6.45, 7) is 4.56. The molecule has 2 aromatic carbocycles. The molecule has 5 aliphatic rings. The molecule has 0 radical (unpaired) electrons. The van der Waals surface area contributed by atoms with Gasteiger partial charge in [-0.25, -0.2) is 4.79 Å². The summed E-state index contributed by atoms with van der Waals surface area (Å²) < 4.78 is 58.7. The first kappa shape index (κ1) is 46.6. The van der Waals surface area contributed by atoms with E-state index < -0.39 is 72.9 Å². The maximum absolute atomic E-state index is 13.8. The van der Waals surface area contributed by atoms with Crippen LogP contribution in [0.15, 0.2) is 48.6 Å². The molecule has 4 heterocycles. The average molecular weight is 880 g/mol. The molecule has 3 fully saturated rings. The highest BCUT2D eigenvalue weighted by atomic mass is 16.8. The Hall–Kier alpha value is -4.38. The lowest BCUT2D eigenvalue weighted by Gasteiger charge is -2.47. The standard InChI is InChI=1S/C48H65NO14/c1-5-6-7-8-9-10-11-12-13-14-15-16-17-18-19-20-21-49-48(53)63-44-36(54-3)22-30(23-37(44)55-4)39-31-24-34-35(59-28-58-34)25-32(31)43(33-26-57-46(52)40(33)39)62-47-42(51)41(50)45-38(61-47)27-56-29(2)60-45/h9-10,12-13,22-25,29,33,38-43,45,47,50-51H,5-8,11,14-21,26-28H2,1-4H3,(H,49,53)/b10-9-,13-12-/t29-,33+,38-,39-,40+,41-,42-,43-,45-,47+/m1/s1. The fourth-order valence-electron chi connectivity index (χ4n) is 9.25. The van der Waals surface area contributed by atoms with Crippen molar-refractivity contribution in [3.05, 3.63) is 65.3 Å². The molecule has 2 aromatic rings. The predicted octanol–water partition coefficient (Wildman–Crippen LogP) is 7.53. The molecule has 7 rings (SSSR count). The molecule has 3 N–H and O–H groups in total. The lowest BCUT2D eigenvalue weighted by atomic mass is 9.66. The molecule has 0 spiro atoms. The maximum Gasteiger partial charge on any atom is 0.412 e. The summed E-state index contributed by atoms with van der Waals surface area (Å²) in [5.41, 5.74) is 1.96. The van der Waals surface area contributed by atoms with Gasteiger partial charge in [-0.1, -0.05) is 69.8 Å². The van der Waals surface area contributed by atoms with Crippen molar-refractivity contribution in [2.45, 2.75) is 140 Å². The number of benzene rings is 2. The van der Waals surface area contributed by atoms with Gasteiger partial charge in [-0.3, -0.25) is 4.79 Å². The zero-order valence-electron chi connectivity index (χ0n) is 37.0. The zero-order chi connectivity index (χ0) is 44.3. The van der Waals surface area contributed by atoms with Gasteiger partial charge in [-0.15, -0.1) is 0 Å². The molecule has 3 saturated heterocycles. The van der Waals surface area contributed by atoms with E-state index in [1.165, 1.54) is 52.7 Å². The Bertz CT molecular complexity index is 1870. The molecule has 4 aliphatic heterocycles. The molecule has 10 atom stereocenters. The normalized spacial score (nSPS) is 28.4. The van der Waals surface area contributed by atoms with Crippen LogP contribution in [0.5, 0.6) is 28.7 Å². The van der Waals surface area contributed by atoms with E-state index >= 15 is 0 Å². The Morgan fingerprint density at radius 1 is 0.810 bits per heavy atom. The third-order valence-corrected chi connectivity index (χ3v) is 12.6. The van der Waals surface area contributed by atoms with Crippen LogP contribution >= 0.6 is 0 Å². The molecular formula is C48H65NO14. The Labute approximate surface area is 370 Å². The van der Waals surface area contributed by atoms with Crippen molar-refractivity contribution in [1.29, 1.82) is 0 Å². The Morgan fingerprint density at radius 3 is 2.17 bits per heavy atom. The number of aliphatic hydroxyl groups excluding tert-OH is 2. The van der Waals surface area contributed by atoms with Gasteiger partial charge in [0.1, 0.15) is 24.4 Å². The van der Waals surface area contributed by atoms with Crippen LogP contribution in [0, 0.1) is 11.8 Å². The van der Waals surface area contributed by atoms with Crippen LogP contribution in [0.3, 0.4) is 0 Å². The van der Waals surface area contributed by atoms with Crippen LogP contribution < -0.4 is 29.0 Å². The van der Waals surface area contributed by atoms with Crippen molar-refractivity contribution in [1.82, 2.24) is 5.32 Å². The number of aliphatic hydroxyl groups is 2. The molecule has 0 bridgehead atoms. The number of nitrogens with one attached hydrogen (secondary N) is 1. The summed E-state index contributed by atoms with van der Waals surface area (Å²) in [4.78, 5) is 26.9. The number of rotatable bonds is 21. The Morgan fingerprint density at radius 2 is 1.48 bits per heavy atom. The van der Waals surface area contributed by atoms with Gasteiger partial charge in [0, 0.05) is 18.4 Å². The number of amides is 1. The first-order valence-corrected chi connectivity index (χ1v) is 22.8. The van der Waals surface area contributed by atoms with Gasteiger partial charge in [-0.2, -0.15) is 0 Å². The van der Waals surface area contributed by atoms with Gasteiger partial charge in [0.25, 0.3) is 0 Å². The number of carbonyl (C=O) groups excluding carboxylic acids is 2. The van der Waals surface area contributed by atoms with Gasteiger partial charge in [0.15, 0.2) is 35.6 Å². The number of esters is 1. The minimum absolute atomic E-state index is 0.00707. The second-order valence-corrected chi connectivity index (χ2v) is 16.9. The maximum atomic E-state index is 13.8. The van der Waals surface area contributed by atoms with Crippen molar-refractivity contribution >= 4 is 12.1 Å². The van der Waals surface area contributed by atoms with E-state index in [1.54, 1.807) is 19.1 Å². The Kier molecular flexibility index (Phi) is 16.6. The van der Waals surface area contributed by atoms with Gasteiger partial charge in [-0.05, 0) is 86.4 Å². The monoisotopic (exact) mass is 879 g/mol. The lowest BCUT2D eigenvalue weighted by Crippen LogP contribution is -2.63. The molecule has 0 aromatic heterocycles. The summed E-state index contributed by atoms with van der Waals surface area (Å²) in [6, 6.07) is 7.08.